The Labute approximate surface area is 221 Å². The van der Waals surface area contributed by atoms with Gasteiger partial charge in [0.2, 0.25) is 5.91 Å². The van der Waals surface area contributed by atoms with Crippen molar-refractivity contribution in [3.8, 4) is 18.1 Å². The number of guanidine groups is 1. The lowest BCUT2D eigenvalue weighted by molar-refractivity contribution is -0.132. The van der Waals surface area contributed by atoms with E-state index in [1.165, 1.54) is 11.8 Å². The first-order chi connectivity index (χ1) is 17.9. The molecule has 4 N–H and O–H groups in total. The van der Waals surface area contributed by atoms with Gasteiger partial charge in [-0.15, -0.1) is 6.42 Å². The second-order valence-corrected chi connectivity index (χ2v) is 10.4. The van der Waals surface area contributed by atoms with Gasteiger partial charge in [0.1, 0.15) is 18.0 Å². The first kappa shape index (κ1) is 27.2. The Morgan fingerprint density at radius 3 is 2.82 bits per heavy atom. The van der Waals surface area contributed by atoms with E-state index >= 15 is 0 Å². The highest BCUT2D eigenvalue weighted by Crippen LogP contribution is 2.39. The number of halogens is 1. The van der Waals surface area contributed by atoms with Crippen molar-refractivity contribution in [3.63, 3.8) is 0 Å². The summed E-state index contributed by atoms with van der Waals surface area (Å²) in [4.78, 5) is 28.0. The number of amides is 2. The molecule has 2 amide bonds. The predicted octanol–water partition coefficient (Wildman–Crippen LogP) is 3.08. The van der Waals surface area contributed by atoms with Gasteiger partial charge in [0.25, 0.3) is 5.91 Å². The molecular formula is C28H33FN4O5. The number of aliphatic hydroxyl groups is 1. The highest BCUT2D eigenvalue weighted by atomic mass is 19.1. The molecular weight excluding hydrogens is 491 g/mol. The number of terminal acetylenes is 1. The van der Waals surface area contributed by atoms with Gasteiger partial charge >= 0.3 is 0 Å². The SMILES string of the molecule is C#C/C(F)=C\C1=C(C)OCC(C)(O)C1NC(=O)c1ccc2c(c1)[C@H](N1C(=N)N[C@](C)(CC)CC1=O)CCO2. The van der Waals surface area contributed by atoms with Crippen molar-refractivity contribution < 1.29 is 28.6 Å². The molecule has 3 aliphatic heterocycles. The van der Waals surface area contributed by atoms with Gasteiger partial charge in [-0.2, -0.15) is 4.39 Å². The Hall–Kier alpha value is -3.84. The van der Waals surface area contributed by atoms with Crippen LogP contribution in [0.5, 0.6) is 5.75 Å². The van der Waals surface area contributed by atoms with Crippen molar-refractivity contribution in [2.75, 3.05) is 13.2 Å². The molecule has 0 saturated carbocycles. The topological polar surface area (TPSA) is 124 Å². The summed E-state index contributed by atoms with van der Waals surface area (Å²) in [5, 5.41) is 25.5. The van der Waals surface area contributed by atoms with Crippen molar-refractivity contribution in [2.24, 2.45) is 0 Å². The van der Waals surface area contributed by atoms with Crippen LogP contribution in [0.4, 0.5) is 4.39 Å². The standard InChI is InChI=1S/C28H33FN4O5/c1-6-18(29)13-19-16(3)38-15-28(5,36)24(19)31-25(35)17-8-9-22-20(12-17)21(10-11-37-22)33-23(34)14-27(4,7-2)32-26(33)30/h1,8-9,12-13,21,24,36H,7,10-11,14-15H2,2-5H3,(H2,30,32)(H,31,35)/b18-13+/t21-,24?,27-,28?/m1/s1. The molecule has 9 nitrogen and oxygen atoms in total. The van der Waals surface area contributed by atoms with E-state index < -0.39 is 35.0 Å². The van der Waals surface area contributed by atoms with Crippen LogP contribution in [0.1, 0.15) is 68.9 Å². The molecule has 202 valence electrons. The predicted molar refractivity (Wildman–Crippen MR) is 139 cm³/mol. The lowest BCUT2D eigenvalue weighted by Crippen LogP contribution is -2.61. The maximum atomic E-state index is 14.0. The molecule has 1 aromatic carbocycles. The number of hydrogen-bond donors (Lipinski definition) is 4. The summed E-state index contributed by atoms with van der Waals surface area (Å²) < 4.78 is 25.3. The summed E-state index contributed by atoms with van der Waals surface area (Å²) in [5.41, 5.74) is -0.947. The number of hydrogen-bond acceptors (Lipinski definition) is 6. The molecule has 4 atom stereocenters. The molecule has 0 aromatic heterocycles. The number of carbonyl (C=O) groups excluding carboxylic acids is 2. The Bertz CT molecular complexity index is 1260. The summed E-state index contributed by atoms with van der Waals surface area (Å²) in [7, 11) is 0. The van der Waals surface area contributed by atoms with E-state index in [2.05, 4.69) is 10.6 Å². The van der Waals surface area contributed by atoms with Crippen molar-refractivity contribution in [2.45, 2.75) is 70.2 Å². The van der Waals surface area contributed by atoms with Gasteiger partial charge in [-0.1, -0.05) is 6.92 Å². The number of rotatable bonds is 5. The zero-order valence-electron chi connectivity index (χ0n) is 22.0. The fourth-order valence-corrected chi connectivity index (χ4v) is 5.03. The summed E-state index contributed by atoms with van der Waals surface area (Å²) in [6.07, 6.45) is 7.61. The normalized spacial score (nSPS) is 29.5. The smallest absolute Gasteiger partial charge is 0.251 e. The average Bonchev–Trinajstić information content (AvgIpc) is 2.87. The van der Waals surface area contributed by atoms with Crippen molar-refractivity contribution in [3.05, 3.63) is 52.6 Å². The third-order valence-electron chi connectivity index (χ3n) is 7.46. The monoisotopic (exact) mass is 524 g/mol. The molecule has 0 aliphatic carbocycles. The Morgan fingerprint density at radius 1 is 1.42 bits per heavy atom. The lowest BCUT2D eigenvalue weighted by atomic mass is 9.87. The van der Waals surface area contributed by atoms with E-state index in [0.29, 0.717) is 36.5 Å². The fourth-order valence-electron chi connectivity index (χ4n) is 5.03. The van der Waals surface area contributed by atoms with Gasteiger partial charge in [0, 0.05) is 28.7 Å². The Balaban J connectivity index is 1.64. The van der Waals surface area contributed by atoms with Crippen LogP contribution < -0.4 is 15.4 Å². The zero-order chi connectivity index (χ0) is 27.8. The highest BCUT2D eigenvalue weighted by molar-refractivity contribution is 6.00. The van der Waals surface area contributed by atoms with E-state index in [-0.39, 0.29) is 36.0 Å². The summed E-state index contributed by atoms with van der Waals surface area (Å²) in [6, 6.07) is 3.37. The minimum Gasteiger partial charge on any atom is -0.495 e. The first-order valence-electron chi connectivity index (χ1n) is 12.6. The Morgan fingerprint density at radius 2 is 2.16 bits per heavy atom. The summed E-state index contributed by atoms with van der Waals surface area (Å²) in [5.74, 6) is 1.21. The molecule has 10 heteroatoms. The maximum Gasteiger partial charge on any atom is 0.251 e. The molecule has 2 unspecified atom stereocenters. The van der Waals surface area contributed by atoms with E-state index in [1.807, 2.05) is 19.8 Å². The first-order valence-corrected chi connectivity index (χ1v) is 12.6. The van der Waals surface area contributed by atoms with Gasteiger partial charge < -0.3 is 25.2 Å². The number of nitrogens with one attached hydrogen (secondary N) is 3. The second-order valence-electron chi connectivity index (χ2n) is 10.4. The van der Waals surface area contributed by atoms with Crippen molar-refractivity contribution in [1.82, 2.24) is 15.5 Å². The van der Waals surface area contributed by atoms with Crippen LogP contribution in [-0.4, -0.2) is 58.2 Å². The minimum atomic E-state index is -1.54. The van der Waals surface area contributed by atoms with Gasteiger partial charge in [-0.05, 0) is 57.4 Å². The van der Waals surface area contributed by atoms with E-state index in [1.54, 1.807) is 25.1 Å². The maximum absolute atomic E-state index is 14.0. The Kier molecular flexibility index (Phi) is 7.26. The third kappa shape index (κ3) is 5.11. The number of fused-ring (bicyclic) bond motifs is 1. The molecule has 0 radical (unpaired) electrons. The van der Waals surface area contributed by atoms with Crippen LogP contribution in [0.15, 0.2) is 41.4 Å². The van der Waals surface area contributed by atoms with Crippen molar-refractivity contribution in [1.29, 1.82) is 5.41 Å². The van der Waals surface area contributed by atoms with Crippen LogP contribution in [0.2, 0.25) is 0 Å². The molecule has 0 bridgehead atoms. The third-order valence-corrected chi connectivity index (χ3v) is 7.46. The molecule has 1 saturated heterocycles. The number of carbonyl (C=O) groups is 2. The molecule has 1 aromatic rings. The number of allylic oxidation sites excluding steroid dienone is 2. The lowest BCUT2D eigenvalue weighted by Gasteiger charge is -2.44. The van der Waals surface area contributed by atoms with Gasteiger partial charge in [-0.3, -0.25) is 19.9 Å². The second kappa shape index (κ2) is 10.1. The summed E-state index contributed by atoms with van der Waals surface area (Å²) in [6.45, 7) is 7.21. The molecule has 3 heterocycles. The van der Waals surface area contributed by atoms with Crippen LogP contribution in [0, 0.1) is 17.8 Å². The van der Waals surface area contributed by atoms with Crippen LogP contribution in [-0.2, 0) is 9.53 Å². The highest BCUT2D eigenvalue weighted by Gasteiger charge is 2.43. The van der Waals surface area contributed by atoms with Crippen LogP contribution in [0.25, 0.3) is 0 Å². The van der Waals surface area contributed by atoms with E-state index in [4.69, 9.17) is 21.3 Å². The van der Waals surface area contributed by atoms with Crippen LogP contribution >= 0.6 is 0 Å². The van der Waals surface area contributed by atoms with Crippen molar-refractivity contribution >= 4 is 17.8 Å². The number of benzene rings is 1. The quantitative estimate of drug-likeness (QED) is 0.439. The van der Waals surface area contributed by atoms with Gasteiger partial charge in [0.15, 0.2) is 11.8 Å². The van der Waals surface area contributed by atoms with E-state index in [9.17, 15) is 19.1 Å². The molecule has 0 spiro atoms. The van der Waals surface area contributed by atoms with Crippen LogP contribution in [0.3, 0.4) is 0 Å². The fraction of sp³-hybridized carbons (Fsp3) is 0.464. The molecule has 4 rings (SSSR count). The molecule has 38 heavy (non-hydrogen) atoms. The van der Waals surface area contributed by atoms with Gasteiger partial charge in [-0.25, -0.2) is 0 Å². The molecule has 1 fully saturated rings. The van der Waals surface area contributed by atoms with E-state index in [0.717, 1.165) is 6.08 Å². The molecule has 3 aliphatic rings. The average molecular weight is 525 g/mol. The van der Waals surface area contributed by atoms with Gasteiger partial charge in [0.05, 0.1) is 30.9 Å². The summed E-state index contributed by atoms with van der Waals surface area (Å²) >= 11 is 0. The minimum absolute atomic E-state index is 0.0177. The number of nitrogens with zero attached hydrogens (tertiary/aromatic N) is 1. The largest absolute Gasteiger partial charge is 0.495 e. The zero-order valence-corrected chi connectivity index (χ0v) is 22.0. The number of ether oxygens (including phenoxy) is 2.